The summed E-state index contributed by atoms with van der Waals surface area (Å²) in [4.78, 5) is 11.4. The number of nitrogens with two attached hydrogens (primary N) is 1. The van der Waals surface area contributed by atoms with Crippen LogP contribution in [0.5, 0.6) is 0 Å². The lowest BCUT2D eigenvalue weighted by atomic mass is 10.0. The van der Waals surface area contributed by atoms with Crippen LogP contribution in [-0.4, -0.2) is 23.7 Å². The summed E-state index contributed by atoms with van der Waals surface area (Å²) >= 11 is 0. The van der Waals surface area contributed by atoms with Gasteiger partial charge < -0.3 is 10.8 Å². The zero-order valence-electron chi connectivity index (χ0n) is 10.8. The Hall–Kier alpha value is -1.39. The van der Waals surface area contributed by atoms with E-state index in [1.807, 2.05) is 37.3 Å². The normalized spacial score (nSPS) is 14.1. The number of nitrogens with one attached hydrogen (secondary N) is 1. The van der Waals surface area contributed by atoms with Crippen molar-refractivity contribution in [3.63, 3.8) is 0 Å². The molecule has 0 aliphatic heterocycles. The molecule has 0 aliphatic carbocycles. The molecule has 4 nitrogen and oxygen atoms in total. The topological polar surface area (TPSA) is 75.3 Å². The standard InChI is InChI=1S/C14H22N2O2/c1-11(12-7-3-2-4-8-12)16-13(14(15)18)9-5-6-10-17/h2-4,7-8,11,13,16-17H,5-6,9-10H2,1H3,(H2,15,18)/t11-,13-/m1/s1. The van der Waals surface area contributed by atoms with E-state index < -0.39 is 0 Å². The van der Waals surface area contributed by atoms with Crippen molar-refractivity contribution >= 4 is 5.91 Å². The smallest absolute Gasteiger partial charge is 0.234 e. The van der Waals surface area contributed by atoms with Gasteiger partial charge in [0.15, 0.2) is 0 Å². The number of rotatable bonds is 8. The van der Waals surface area contributed by atoms with Crippen molar-refractivity contribution in [3.8, 4) is 0 Å². The molecular weight excluding hydrogens is 228 g/mol. The second kappa shape index (κ2) is 7.84. The predicted octanol–water partition coefficient (Wildman–Crippen LogP) is 1.35. The Morgan fingerprint density at radius 1 is 1.33 bits per heavy atom. The molecule has 0 spiro atoms. The highest BCUT2D eigenvalue weighted by atomic mass is 16.2. The first kappa shape index (κ1) is 14.7. The number of aliphatic hydroxyl groups is 1. The van der Waals surface area contributed by atoms with Crippen molar-refractivity contribution in [3.05, 3.63) is 35.9 Å². The van der Waals surface area contributed by atoms with Gasteiger partial charge in [0, 0.05) is 12.6 Å². The summed E-state index contributed by atoms with van der Waals surface area (Å²) in [5.74, 6) is -0.337. The van der Waals surface area contributed by atoms with Crippen LogP contribution >= 0.6 is 0 Å². The van der Waals surface area contributed by atoms with Gasteiger partial charge in [-0.05, 0) is 31.7 Å². The van der Waals surface area contributed by atoms with Crippen LogP contribution < -0.4 is 11.1 Å². The van der Waals surface area contributed by atoms with E-state index in [2.05, 4.69) is 5.32 Å². The molecule has 0 fully saturated rings. The summed E-state index contributed by atoms with van der Waals surface area (Å²) in [5.41, 5.74) is 6.51. The van der Waals surface area contributed by atoms with E-state index in [1.54, 1.807) is 0 Å². The maximum Gasteiger partial charge on any atom is 0.234 e. The molecule has 0 bridgehead atoms. The van der Waals surface area contributed by atoms with Crippen LogP contribution in [0.1, 0.15) is 37.8 Å². The van der Waals surface area contributed by atoms with Crippen molar-refractivity contribution in [2.45, 2.75) is 38.3 Å². The Kier molecular flexibility index (Phi) is 6.39. The highest BCUT2D eigenvalue weighted by molar-refractivity contribution is 5.79. The molecule has 18 heavy (non-hydrogen) atoms. The zero-order valence-corrected chi connectivity index (χ0v) is 10.8. The molecule has 0 aromatic heterocycles. The number of hydrogen-bond acceptors (Lipinski definition) is 3. The number of unbranched alkanes of at least 4 members (excludes halogenated alkanes) is 1. The largest absolute Gasteiger partial charge is 0.396 e. The maximum absolute atomic E-state index is 11.4. The van der Waals surface area contributed by atoms with E-state index in [4.69, 9.17) is 10.8 Å². The number of amides is 1. The Morgan fingerprint density at radius 3 is 2.56 bits per heavy atom. The molecule has 1 aromatic carbocycles. The molecule has 0 radical (unpaired) electrons. The second-order valence-corrected chi connectivity index (χ2v) is 4.47. The van der Waals surface area contributed by atoms with Crippen LogP contribution in [0.4, 0.5) is 0 Å². The van der Waals surface area contributed by atoms with E-state index in [0.717, 1.165) is 12.0 Å². The molecular formula is C14H22N2O2. The summed E-state index contributed by atoms with van der Waals surface area (Å²) in [5, 5.41) is 12.0. The molecule has 2 atom stereocenters. The van der Waals surface area contributed by atoms with Gasteiger partial charge in [0.05, 0.1) is 6.04 Å². The number of benzene rings is 1. The van der Waals surface area contributed by atoms with Gasteiger partial charge in [-0.3, -0.25) is 10.1 Å². The van der Waals surface area contributed by atoms with Gasteiger partial charge in [0.2, 0.25) is 5.91 Å². The van der Waals surface area contributed by atoms with Crippen LogP contribution in [-0.2, 0) is 4.79 Å². The molecule has 1 aromatic rings. The third kappa shape index (κ3) is 4.85. The average Bonchev–Trinajstić information content (AvgIpc) is 2.38. The first-order valence-electron chi connectivity index (χ1n) is 6.36. The molecule has 4 N–H and O–H groups in total. The van der Waals surface area contributed by atoms with Gasteiger partial charge in [-0.25, -0.2) is 0 Å². The molecule has 0 heterocycles. The Labute approximate surface area is 108 Å². The summed E-state index contributed by atoms with van der Waals surface area (Å²) in [6.07, 6.45) is 2.15. The van der Waals surface area contributed by atoms with E-state index in [0.29, 0.717) is 12.8 Å². The van der Waals surface area contributed by atoms with Gasteiger partial charge in [0.25, 0.3) is 0 Å². The van der Waals surface area contributed by atoms with Gasteiger partial charge in [-0.1, -0.05) is 30.3 Å². The highest BCUT2D eigenvalue weighted by Crippen LogP contribution is 2.13. The van der Waals surface area contributed by atoms with Crippen LogP contribution in [0.2, 0.25) is 0 Å². The third-order valence-corrected chi connectivity index (χ3v) is 3.00. The van der Waals surface area contributed by atoms with E-state index in [9.17, 15) is 4.79 Å². The fourth-order valence-corrected chi connectivity index (χ4v) is 1.91. The third-order valence-electron chi connectivity index (χ3n) is 3.00. The first-order valence-corrected chi connectivity index (χ1v) is 6.36. The number of carbonyl (C=O) groups is 1. The van der Waals surface area contributed by atoms with E-state index >= 15 is 0 Å². The van der Waals surface area contributed by atoms with Crippen LogP contribution in [0.25, 0.3) is 0 Å². The SMILES string of the molecule is C[C@@H](N[C@H](CCCCO)C(N)=O)c1ccccc1. The summed E-state index contributed by atoms with van der Waals surface area (Å²) in [6, 6.07) is 9.68. The fraction of sp³-hybridized carbons (Fsp3) is 0.500. The number of carbonyl (C=O) groups excluding carboxylic acids is 1. The number of aliphatic hydroxyl groups excluding tert-OH is 1. The molecule has 0 unspecified atom stereocenters. The highest BCUT2D eigenvalue weighted by Gasteiger charge is 2.17. The van der Waals surface area contributed by atoms with Crippen LogP contribution in [0.15, 0.2) is 30.3 Å². The van der Waals surface area contributed by atoms with Crippen molar-refractivity contribution in [1.82, 2.24) is 5.32 Å². The quantitative estimate of drug-likeness (QED) is 0.610. The predicted molar refractivity (Wildman–Crippen MR) is 71.9 cm³/mol. The first-order chi connectivity index (χ1) is 8.65. The lowest BCUT2D eigenvalue weighted by Crippen LogP contribution is -2.42. The summed E-state index contributed by atoms with van der Waals surface area (Å²) in [6.45, 7) is 2.16. The lowest BCUT2D eigenvalue weighted by Gasteiger charge is -2.21. The molecule has 4 heteroatoms. The minimum absolute atomic E-state index is 0.0813. The van der Waals surface area contributed by atoms with Gasteiger partial charge in [-0.15, -0.1) is 0 Å². The van der Waals surface area contributed by atoms with E-state index in [-0.39, 0.29) is 24.6 Å². The minimum atomic E-state index is -0.341. The lowest BCUT2D eigenvalue weighted by molar-refractivity contribution is -0.120. The van der Waals surface area contributed by atoms with Gasteiger partial charge >= 0.3 is 0 Å². The average molecular weight is 250 g/mol. The molecule has 1 amide bonds. The minimum Gasteiger partial charge on any atom is -0.396 e. The van der Waals surface area contributed by atoms with Crippen LogP contribution in [0.3, 0.4) is 0 Å². The molecule has 0 aliphatic rings. The Morgan fingerprint density at radius 2 is 2.00 bits per heavy atom. The van der Waals surface area contributed by atoms with Crippen molar-refractivity contribution in [1.29, 1.82) is 0 Å². The summed E-state index contributed by atoms with van der Waals surface area (Å²) < 4.78 is 0. The maximum atomic E-state index is 11.4. The molecule has 0 saturated heterocycles. The van der Waals surface area contributed by atoms with Gasteiger partial charge in [0.1, 0.15) is 0 Å². The van der Waals surface area contributed by atoms with Crippen molar-refractivity contribution < 1.29 is 9.90 Å². The van der Waals surface area contributed by atoms with Gasteiger partial charge in [-0.2, -0.15) is 0 Å². The van der Waals surface area contributed by atoms with Crippen molar-refractivity contribution in [2.75, 3.05) is 6.61 Å². The van der Waals surface area contributed by atoms with Crippen LogP contribution in [0, 0.1) is 0 Å². The Bertz CT molecular complexity index is 354. The fourth-order valence-electron chi connectivity index (χ4n) is 1.91. The van der Waals surface area contributed by atoms with Crippen molar-refractivity contribution in [2.24, 2.45) is 5.73 Å². The summed E-state index contributed by atoms with van der Waals surface area (Å²) in [7, 11) is 0. The second-order valence-electron chi connectivity index (χ2n) is 4.47. The van der Waals surface area contributed by atoms with E-state index in [1.165, 1.54) is 0 Å². The molecule has 100 valence electrons. The number of hydrogen-bond donors (Lipinski definition) is 3. The monoisotopic (exact) mass is 250 g/mol. The molecule has 1 rings (SSSR count). The Balaban J connectivity index is 2.52. The zero-order chi connectivity index (χ0) is 13.4. The number of primary amides is 1. The molecule has 0 saturated carbocycles.